The van der Waals surface area contributed by atoms with Crippen molar-refractivity contribution in [2.75, 3.05) is 19.7 Å². The highest BCUT2D eigenvalue weighted by Crippen LogP contribution is 2.22. The van der Waals surface area contributed by atoms with Crippen LogP contribution < -0.4 is 0 Å². The van der Waals surface area contributed by atoms with Crippen molar-refractivity contribution in [2.45, 2.75) is 19.1 Å². The molecule has 1 aliphatic rings. The predicted molar refractivity (Wildman–Crippen MR) is 93.9 cm³/mol. The van der Waals surface area contributed by atoms with Crippen molar-refractivity contribution in [2.24, 2.45) is 0 Å². The molecule has 1 atom stereocenters. The summed E-state index contributed by atoms with van der Waals surface area (Å²) in [5.74, 6) is 0.141. The van der Waals surface area contributed by atoms with Gasteiger partial charge in [0.05, 0.1) is 31.4 Å². The summed E-state index contributed by atoms with van der Waals surface area (Å²) in [4.78, 5) is 18.5. The molecule has 0 bridgehead atoms. The van der Waals surface area contributed by atoms with Gasteiger partial charge in [-0.3, -0.25) is 14.5 Å². The molecule has 3 aromatic rings. The minimum Gasteiger partial charge on any atom is -0.370 e. The molecular weight excluding hydrogens is 316 g/mol. The van der Waals surface area contributed by atoms with Gasteiger partial charge in [0.15, 0.2) is 0 Å². The number of para-hydroxylation sites is 1. The monoisotopic (exact) mass is 336 g/mol. The second kappa shape index (κ2) is 7.03. The van der Waals surface area contributed by atoms with Crippen molar-refractivity contribution in [3.63, 3.8) is 0 Å². The highest BCUT2D eigenvalue weighted by atomic mass is 16.5. The van der Waals surface area contributed by atoms with Gasteiger partial charge in [0.2, 0.25) is 5.91 Å². The van der Waals surface area contributed by atoms with Crippen LogP contribution in [0.5, 0.6) is 0 Å². The third-order valence-electron chi connectivity index (χ3n) is 4.59. The SMILES string of the molecule is O=C(CCn1ncc2ccccc21)N1CCOC(c2ccncc2)C1. The van der Waals surface area contributed by atoms with Crippen molar-refractivity contribution < 1.29 is 9.53 Å². The smallest absolute Gasteiger partial charge is 0.224 e. The van der Waals surface area contributed by atoms with Crippen LogP contribution in [0.4, 0.5) is 0 Å². The number of rotatable bonds is 4. The average molecular weight is 336 g/mol. The molecule has 1 fully saturated rings. The Hall–Kier alpha value is -2.73. The largest absolute Gasteiger partial charge is 0.370 e. The van der Waals surface area contributed by atoms with Crippen LogP contribution in [-0.4, -0.2) is 45.3 Å². The van der Waals surface area contributed by atoms with Gasteiger partial charge in [-0.1, -0.05) is 18.2 Å². The first kappa shape index (κ1) is 15.8. The van der Waals surface area contributed by atoms with Crippen molar-refractivity contribution in [3.05, 3.63) is 60.6 Å². The van der Waals surface area contributed by atoms with Gasteiger partial charge in [-0.15, -0.1) is 0 Å². The molecule has 2 aromatic heterocycles. The van der Waals surface area contributed by atoms with E-state index in [0.717, 1.165) is 16.5 Å². The quantitative estimate of drug-likeness (QED) is 0.734. The number of carbonyl (C=O) groups excluding carboxylic acids is 1. The van der Waals surface area contributed by atoms with E-state index >= 15 is 0 Å². The summed E-state index contributed by atoms with van der Waals surface area (Å²) >= 11 is 0. The molecule has 0 N–H and O–H groups in total. The van der Waals surface area contributed by atoms with Gasteiger partial charge in [0.1, 0.15) is 6.10 Å². The van der Waals surface area contributed by atoms with Crippen molar-refractivity contribution >= 4 is 16.8 Å². The molecule has 3 heterocycles. The van der Waals surface area contributed by atoms with Crippen LogP contribution in [0.2, 0.25) is 0 Å². The van der Waals surface area contributed by atoms with Gasteiger partial charge in [0.25, 0.3) is 0 Å². The zero-order valence-electron chi connectivity index (χ0n) is 13.9. The second-order valence-corrected chi connectivity index (χ2v) is 6.16. The number of morpholine rings is 1. The van der Waals surface area contributed by atoms with E-state index in [4.69, 9.17) is 4.74 Å². The van der Waals surface area contributed by atoms with E-state index in [1.54, 1.807) is 12.4 Å². The number of pyridine rings is 1. The molecule has 1 unspecified atom stereocenters. The number of aryl methyl sites for hydroxylation is 1. The fraction of sp³-hybridized carbons (Fsp3) is 0.316. The lowest BCUT2D eigenvalue weighted by molar-refractivity contribution is -0.139. The zero-order valence-corrected chi connectivity index (χ0v) is 13.9. The van der Waals surface area contributed by atoms with Crippen LogP contribution in [0.3, 0.4) is 0 Å². The number of ether oxygens (including phenoxy) is 1. The molecule has 25 heavy (non-hydrogen) atoms. The molecule has 4 rings (SSSR count). The standard InChI is InChI=1S/C19H20N4O2/c24-19(7-10-23-17-4-2-1-3-16(17)13-21-23)22-11-12-25-18(14-22)15-5-8-20-9-6-15/h1-6,8-9,13,18H,7,10-12,14H2. The summed E-state index contributed by atoms with van der Waals surface area (Å²) < 4.78 is 7.71. The topological polar surface area (TPSA) is 60.2 Å². The maximum atomic E-state index is 12.6. The fourth-order valence-corrected chi connectivity index (χ4v) is 3.22. The number of benzene rings is 1. The van der Waals surface area contributed by atoms with Crippen molar-refractivity contribution in [3.8, 4) is 0 Å². The fourth-order valence-electron chi connectivity index (χ4n) is 3.22. The Balaban J connectivity index is 1.39. The van der Waals surface area contributed by atoms with Gasteiger partial charge in [-0.2, -0.15) is 5.10 Å². The molecule has 0 aliphatic carbocycles. The number of amides is 1. The third kappa shape index (κ3) is 3.39. The van der Waals surface area contributed by atoms with E-state index < -0.39 is 0 Å². The lowest BCUT2D eigenvalue weighted by Gasteiger charge is -2.33. The molecule has 6 heteroatoms. The molecule has 1 aliphatic heterocycles. The summed E-state index contributed by atoms with van der Waals surface area (Å²) in [7, 11) is 0. The van der Waals surface area contributed by atoms with Crippen LogP contribution in [0.1, 0.15) is 18.1 Å². The van der Waals surface area contributed by atoms with E-state index in [1.807, 2.05) is 52.2 Å². The maximum Gasteiger partial charge on any atom is 0.224 e. The molecular formula is C19H20N4O2. The minimum atomic E-state index is -0.0776. The number of hydrogen-bond acceptors (Lipinski definition) is 4. The molecule has 0 saturated carbocycles. The number of aromatic nitrogens is 3. The lowest BCUT2D eigenvalue weighted by Crippen LogP contribution is -2.42. The molecule has 1 aromatic carbocycles. The predicted octanol–water partition coefficient (Wildman–Crippen LogP) is 2.42. The summed E-state index contributed by atoms with van der Waals surface area (Å²) in [6, 6.07) is 11.9. The second-order valence-electron chi connectivity index (χ2n) is 6.16. The molecule has 0 spiro atoms. The summed E-state index contributed by atoms with van der Waals surface area (Å²) in [6.07, 6.45) is 5.71. The Bertz CT molecular complexity index is 862. The van der Waals surface area contributed by atoms with Crippen LogP contribution in [0.25, 0.3) is 10.9 Å². The van der Waals surface area contributed by atoms with Crippen LogP contribution in [0, 0.1) is 0 Å². The normalized spacial score (nSPS) is 17.8. The van der Waals surface area contributed by atoms with Gasteiger partial charge < -0.3 is 9.64 Å². The van der Waals surface area contributed by atoms with E-state index in [9.17, 15) is 4.79 Å². The Morgan fingerprint density at radius 2 is 2.04 bits per heavy atom. The molecule has 1 saturated heterocycles. The first-order chi connectivity index (χ1) is 12.3. The number of carbonyl (C=O) groups is 1. The Labute approximate surface area is 146 Å². The number of fused-ring (bicyclic) bond motifs is 1. The first-order valence-corrected chi connectivity index (χ1v) is 8.51. The first-order valence-electron chi connectivity index (χ1n) is 8.51. The van der Waals surface area contributed by atoms with Gasteiger partial charge in [-0.25, -0.2) is 0 Å². The van der Waals surface area contributed by atoms with Crippen LogP contribution >= 0.6 is 0 Å². The van der Waals surface area contributed by atoms with Crippen molar-refractivity contribution in [1.29, 1.82) is 0 Å². The van der Waals surface area contributed by atoms with E-state index in [0.29, 0.717) is 32.7 Å². The summed E-state index contributed by atoms with van der Waals surface area (Å²) in [6.45, 7) is 2.37. The van der Waals surface area contributed by atoms with E-state index in [-0.39, 0.29) is 12.0 Å². The molecule has 6 nitrogen and oxygen atoms in total. The van der Waals surface area contributed by atoms with Crippen molar-refractivity contribution in [1.82, 2.24) is 19.7 Å². The molecule has 1 amide bonds. The molecule has 0 radical (unpaired) electrons. The summed E-state index contributed by atoms with van der Waals surface area (Å²) in [5, 5.41) is 5.49. The Morgan fingerprint density at radius 1 is 1.20 bits per heavy atom. The highest BCUT2D eigenvalue weighted by molar-refractivity contribution is 5.79. The zero-order chi connectivity index (χ0) is 17.1. The van der Waals surface area contributed by atoms with Crippen LogP contribution in [-0.2, 0) is 16.1 Å². The summed E-state index contributed by atoms with van der Waals surface area (Å²) in [5.41, 5.74) is 2.12. The van der Waals surface area contributed by atoms with Gasteiger partial charge >= 0.3 is 0 Å². The van der Waals surface area contributed by atoms with Gasteiger partial charge in [0, 0.05) is 30.7 Å². The van der Waals surface area contributed by atoms with E-state index in [1.165, 1.54) is 0 Å². The molecule has 128 valence electrons. The Morgan fingerprint density at radius 3 is 2.92 bits per heavy atom. The Kier molecular flexibility index (Phi) is 4.43. The maximum absolute atomic E-state index is 12.6. The van der Waals surface area contributed by atoms with Crippen LogP contribution in [0.15, 0.2) is 55.0 Å². The third-order valence-corrected chi connectivity index (χ3v) is 4.59. The number of nitrogens with zero attached hydrogens (tertiary/aromatic N) is 4. The number of hydrogen-bond donors (Lipinski definition) is 0. The van der Waals surface area contributed by atoms with Gasteiger partial charge in [-0.05, 0) is 23.8 Å². The lowest BCUT2D eigenvalue weighted by atomic mass is 10.1. The highest BCUT2D eigenvalue weighted by Gasteiger charge is 2.25. The van der Waals surface area contributed by atoms with E-state index in [2.05, 4.69) is 10.1 Å². The average Bonchev–Trinajstić information content (AvgIpc) is 3.10. The minimum absolute atomic E-state index is 0.0776.